The summed E-state index contributed by atoms with van der Waals surface area (Å²) < 4.78 is 5.51. The lowest BCUT2D eigenvalue weighted by atomic mass is 10.0. The van der Waals surface area contributed by atoms with E-state index in [9.17, 15) is 19.8 Å². The van der Waals surface area contributed by atoms with Gasteiger partial charge in [-0.05, 0) is 57.8 Å². The Morgan fingerprint density at radius 2 is 0.580 bits per heavy atom. The fourth-order valence-corrected chi connectivity index (χ4v) is 11.8. The van der Waals surface area contributed by atoms with Crippen molar-refractivity contribution in [3.05, 3.63) is 24.3 Å². The number of carbonyl (C=O) groups excluding carboxylic acids is 2. The Morgan fingerprint density at radius 3 is 0.877 bits per heavy atom. The highest BCUT2D eigenvalue weighted by atomic mass is 16.5. The predicted molar refractivity (Wildman–Crippen MR) is 356 cm³/mol. The quantitative estimate of drug-likeness (QED) is 0.0320. The van der Waals surface area contributed by atoms with Gasteiger partial charge in [-0.1, -0.05) is 372 Å². The first-order valence-corrected chi connectivity index (χ1v) is 37.1. The zero-order valence-corrected chi connectivity index (χ0v) is 55.0. The number of unbranched alkanes of at least 4 members (excludes halogenated alkanes) is 57. The standard InChI is InChI=1S/C75H145NO5/c1-3-5-7-9-11-13-15-17-19-21-23-28-32-35-39-43-47-51-55-59-63-67-73(78)72(71-77)76-74(79)68-64-60-56-52-48-44-40-36-33-29-26-24-25-27-30-34-38-42-46-50-54-58-62-66-70-81-75(80)69-65-61-57-53-49-45-41-37-31-22-20-18-16-14-12-10-8-6-4-2/h26,29,63,67,72-73,77-78H,3-25,27-28,30-62,64-66,68-71H2,1-2H3,(H,76,79)/b29-26-,67-63+. The van der Waals surface area contributed by atoms with Crippen LogP contribution in [0.5, 0.6) is 0 Å². The van der Waals surface area contributed by atoms with E-state index >= 15 is 0 Å². The van der Waals surface area contributed by atoms with E-state index in [1.54, 1.807) is 6.08 Å². The zero-order valence-electron chi connectivity index (χ0n) is 55.0. The van der Waals surface area contributed by atoms with Gasteiger partial charge in [0.2, 0.25) is 5.91 Å². The predicted octanol–water partition coefficient (Wildman–Crippen LogP) is 24.1. The van der Waals surface area contributed by atoms with Gasteiger partial charge >= 0.3 is 5.97 Å². The fourth-order valence-electron chi connectivity index (χ4n) is 11.8. The molecule has 0 rings (SSSR count). The summed E-state index contributed by atoms with van der Waals surface area (Å²) in [7, 11) is 0. The van der Waals surface area contributed by atoms with Crippen LogP contribution < -0.4 is 5.32 Å². The molecule has 81 heavy (non-hydrogen) atoms. The second-order valence-electron chi connectivity index (χ2n) is 25.6. The lowest BCUT2D eigenvalue weighted by Crippen LogP contribution is -2.45. The molecule has 0 aliphatic rings. The van der Waals surface area contributed by atoms with Crippen molar-refractivity contribution in [3.8, 4) is 0 Å². The molecule has 0 aromatic heterocycles. The van der Waals surface area contributed by atoms with E-state index < -0.39 is 12.1 Å². The number of aliphatic hydroxyl groups is 2. The van der Waals surface area contributed by atoms with Gasteiger partial charge in [0.25, 0.3) is 0 Å². The van der Waals surface area contributed by atoms with Gasteiger partial charge in [0.05, 0.1) is 25.4 Å². The molecule has 480 valence electrons. The number of hydrogen-bond acceptors (Lipinski definition) is 5. The molecule has 6 heteroatoms. The van der Waals surface area contributed by atoms with E-state index in [-0.39, 0.29) is 18.5 Å². The first-order valence-electron chi connectivity index (χ1n) is 37.1. The molecule has 3 N–H and O–H groups in total. The summed E-state index contributed by atoms with van der Waals surface area (Å²) in [6.45, 7) is 4.95. The number of nitrogens with one attached hydrogen (secondary N) is 1. The SMILES string of the molecule is CCCCCCCCCCCCCCCCCCCCC/C=C/C(O)C(CO)NC(=O)CCCCCCCCCC/C=C\CCCCCCCCCCCCCCOC(=O)CCCCCCCCCCCCCCCCCCCCC. The van der Waals surface area contributed by atoms with Gasteiger partial charge in [0.15, 0.2) is 0 Å². The third-order valence-electron chi connectivity index (χ3n) is 17.5. The van der Waals surface area contributed by atoms with Crippen molar-refractivity contribution < 1.29 is 24.5 Å². The maximum Gasteiger partial charge on any atom is 0.305 e. The third kappa shape index (κ3) is 67.3. The minimum Gasteiger partial charge on any atom is -0.466 e. The van der Waals surface area contributed by atoms with Gasteiger partial charge < -0.3 is 20.3 Å². The molecule has 0 bridgehead atoms. The van der Waals surface area contributed by atoms with Crippen molar-refractivity contribution in [3.63, 3.8) is 0 Å². The second-order valence-corrected chi connectivity index (χ2v) is 25.6. The molecule has 0 fully saturated rings. The molecule has 0 aliphatic heterocycles. The third-order valence-corrected chi connectivity index (χ3v) is 17.5. The summed E-state index contributed by atoms with van der Waals surface area (Å²) in [4.78, 5) is 24.7. The molecule has 0 heterocycles. The normalized spacial score (nSPS) is 12.6. The summed E-state index contributed by atoms with van der Waals surface area (Å²) in [5, 5.41) is 23.3. The Hall–Kier alpha value is -1.66. The molecule has 2 unspecified atom stereocenters. The van der Waals surface area contributed by atoms with Crippen LogP contribution in [-0.4, -0.2) is 47.4 Å². The zero-order chi connectivity index (χ0) is 58.5. The Kier molecular flexibility index (Phi) is 69.4. The van der Waals surface area contributed by atoms with E-state index in [0.29, 0.717) is 19.4 Å². The lowest BCUT2D eigenvalue weighted by Gasteiger charge is -2.20. The van der Waals surface area contributed by atoms with Crippen LogP contribution >= 0.6 is 0 Å². The second kappa shape index (κ2) is 70.8. The van der Waals surface area contributed by atoms with Crippen LogP contribution in [-0.2, 0) is 14.3 Å². The summed E-state index contributed by atoms with van der Waals surface area (Å²) in [6.07, 6.45) is 89.8. The van der Waals surface area contributed by atoms with Gasteiger partial charge in [-0.25, -0.2) is 0 Å². The lowest BCUT2D eigenvalue weighted by molar-refractivity contribution is -0.143. The van der Waals surface area contributed by atoms with Gasteiger partial charge in [-0.3, -0.25) is 9.59 Å². The Morgan fingerprint density at radius 1 is 0.333 bits per heavy atom. The number of hydrogen-bond donors (Lipinski definition) is 3. The maximum absolute atomic E-state index is 12.5. The highest BCUT2D eigenvalue weighted by Gasteiger charge is 2.18. The molecule has 0 aromatic carbocycles. The van der Waals surface area contributed by atoms with Crippen molar-refractivity contribution in [2.45, 2.75) is 431 Å². The molecule has 6 nitrogen and oxygen atoms in total. The van der Waals surface area contributed by atoms with Crippen molar-refractivity contribution in [1.82, 2.24) is 5.32 Å². The first kappa shape index (κ1) is 79.3. The van der Waals surface area contributed by atoms with Crippen LogP contribution in [0.1, 0.15) is 418 Å². The average Bonchev–Trinajstić information content (AvgIpc) is 3.47. The monoisotopic (exact) mass is 1140 g/mol. The molecule has 1 amide bonds. The number of esters is 1. The number of aliphatic hydroxyl groups excluding tert-OH is 2. The molecule has 2 atom stereocenters. The molecule has 0 aromatic rings. The molecular weight excluding hydrogens is 995 g/mol. The maximum atomic E-state index is 12.5. The largest absolute Gasteiger partial charge is 0.466 e. The van der Waals surface area contributed by atoms with Gasteiger partial charge in [-0.2, -0.15) is 0 Å². The van der Waals surface area contributed by atoms with Gasteiger partial charge in [-0.15, -0.1) is 0 Å². The summed E-state index contributed by atoms with van der Waals surface area (Å²) in [5.41, 5.74) is 0. The Labute approximate surface area is 507 Å². The van der Waals surface area contributed by atoms with Crippen molar-refractivity contribution in [2.75, 3.05) is 13.2 Å². The van der Waals surface area contributed by atoms with E-state index in [1.807, 2.05) is 6.08 Å². The Balaban J connectivity index is 3.40. The van der Waals surface area contributed by atoms with Crippen LogP contribution in [0.4, 0.5) is 0 Å². The Bertz CT molecular complexity index is 1270. The number of carbonyl (C=O) groups is 2. The highest BCUT2D eigenvalue weighted by molar-refractivity contribution is 5.76. The average molecular weight is 1140 g/mol. The van der Waals surface area contributed by atoms with Crippen LogP contribution in [0, 0.1) is 0 Å². The summed E-state index contributed by atoms with van der Waals surface area (Å²) >= 11 is 0. The van der Waals surface area contributed by atoms with E-state index in [4.69, 9.17) is 4.74 Å². The van der Waals surface area contributed by atoms with E-state index in [1.165, 1.54) is 353 Å². The van der Waals surface area contributed by atoms with E-state index in [2.05, 4.69) is 31.3 Å². The van der Waals surface area contributed by atoms with Crippen molar-refractivity contribution in [2.24, 2.45) is 0 Å². The number of rotatable bonds is 70. The topological polar surface area (TPSA) is 95.9 Å². The molecule has 0 aliphatic carbocycles. The smallest absolute Gasteiger partial charge is 0.305 e. The van der Waals surface area contributed by atoms with Crippen LogP contribution in [0.25, 0.3) is 0 Å². The van der Waals surface area contributed by atoms with Crippen molar-refractivity contribution >= 4 is 11.9 Å². The molecule has 0 radical (unpaired) electrons. The number of ether oxygens (including phenoxy) is 1. The van der Waals surface area contributed by atoms with Gasteiger partial charge in [0.1, 0.15) is 0 Å². The molecule has 0 saturated heterocycles. The minimum atomic E-state index is -0.848. The van der Waals surface area contributed by atoms with E-state index in [0.717, 1.165) is 38.5 Å². The van der Waals surface area contributed by atoms with Crippen LogP contribution in [0.2, 0.25) is 0 Å². The molecule has 0 spiro atoms. The highest BCUT2D eigenvalue weighted by Crippen LogP contribution is 2.19. The van der Waals surface area contributed by atoms with Crippen LogP contribution in [0.3, 0.4) is 0 Å². The number of allylic oxidation sites excluding steroid dienone is 3. The minimum absolute atomic E-state index is 0.0178. The summed E-state index contributed by atoms with van der Waals surface area (Å²) in [5.74, 6) is -0.0504. The fraction of sp³-hybridized carbons (Fsp3) is 0.920. The molecular formula is C75H145NO5. The first-order chi connectivity index (χ1) is 40.0. The van der Waals surface area contributed by atoms with Crippen molar-refractivity contribution in [1.29, 1.82) is 0 Å². The summed E-state index contributed by atoms with van der Waals surface area (Å²) in [6, 6.07) is -0.632. The number of amides is 1. The van der Waals surface area contributed by atoms with Crippen LogP contribution in [0.15, 0.2) is 24.3 Å². The van der Waals surface area contributed by atoms with Gasteiger partial charge in [0, 0.05) is 12.8 Å². The molecule has 0 saturated carbocycles.